The van der Waals surface area contributed by atoms with Gasteiger partial charge < -0.3 is 20.0 Å². The van der Waals surface area contributed by atoms with Crippen LogP contribution < -0.4 is 5.32 Å². The van der Waals surface area contributed by atoms with Gasteiger partial charge in [0.05, 0.1) is 12.4 Å². The van der Waals surface area contributed by atoms with Gasteiger partial charge in [-0.05, 0) is 47.9 Å². The van der Waals surface area contributed by atoms with Crippen molar-refractivity contribution in [2.75, 3.05) is 13.1 Å². The van der Waals surface area contributed by atoms with Gasteiger partial charge in [-0.15, -0.1) is 0 Å². The lowest BCUT2D eigenvalue weighted by Gasteiger charge is -2.46. The van der Waals surface area contributed by atoms with Crippen molar-refractivity contribution < 1.29 is 9.59 Å². The molecule has 5 rings (SSSR count). The van der Waals surface area contributed by atoms with Gasteiger partial charge in [0.15, 0.2) is 0 Å². The van der Waals surface area contributed by atoms with Gasteiger partial charge in [0.1, 0.15) is 6.29 Å². The molecule has 2 aliphatic rings. The fourth-order valence-electron chi connectivity index (χ4n) is 5.85. The number of imidazole rings is 1. The summed E-state index contributed by atoms with van der Waals surface area (Å²) in [6.07, 6.45) is 10.9. The number of fused-ring (bicyclic) bond motifs is 1. The van der Waals surface area contributed by atoms with E-state index in [0.29, 0.717) is 24.8 Å². The molecule has 1 amide bonds. The average molecular weight is 471 g/mol. The number of nitrogens with zero attached hydrogens (tertiary/aromatic N) is 2. The summed E-state index contributed by atoms with van der Waals surface area (Å²) in [5.74, 6) is 1.35. The zero-order chi connectivity index (χ0) is 24.0. The molecule has 2 N–H and O–H groups in total. The van der Waals surface area contributed by atoms with Crippen molar-refractivity contribution in [1.29, 1.82) is 0 Å². The molecule has 2 fully saturated rings. The molecule has 0 radical (unpaired) electrons. The largest absolute Gasteiger partial charge is 0.348 e. The Morgan fingerprint density at radius 2 is 1.80 bits per heavy atom. The fraction of sp³-hybridized carbons (Fsp3) is 0.414. The van der Waals surface area contributed by atoms with Crippen LogP contribution in [0.4, 0.5) is 0 Å². The smallest absolute Gasteiger partial charge is 0.254 e. The molecule has 6 heteroatoms. The van der Waals surface area contributed by atoms with Gasteiger partial charge >= 0.3 is 0 Å². The predicted octanol–water partition coefficient (Wildman–Crippen LogP) is 4.50. The first-order chi connectivity index (χ1) is 17.2. The molecule has 2 heterocycles. The first kappa shape index (κ1) is 23.5. The van der Waals surface area contributed by atoms with Crippen molar-refractivity contribution in [2.24, 2.45) is 11.8 Å². The number of hydrogen-bond acceptors (Lipinski definition) is 4. The van der Waals surface area contributed by atoms with Crippen LogP contribution in [-0.4, -0.2) is 52.2 Å². The van der Waals surface area contributed by atoms with E-state index in [2.05, 4.69) is 32.3 Å². The molecule has 3 aromatic rings. The Balaban J connectivity index is 1.31. The van der Waals surface area contributed by atoms with Crippen molar-refractivity contribution in [1.82, 2.24) is 20.2 Å². The molecule has 0 unspecified atom stereocenters. The van der Waals surface area contributed by atoms with Crippen molar-refractivity contribution in [3.05, 3.63) is 78.4 Å². The van der Waals surface area contributed by atoms with Crippen LogP contribution in [-0.2, 0) is 11.2 Å². The van der Waals surface area contributed by atoms with Gasteiger partial charge in [-0.2, -0.15) is 0 Å². The second kappa shape index (κ2) is 11.0. The lowest BCUT2D eigenvalue weighted by atomic mass is 9.72. The van der Waals surface area contributed by atoms with Crippen LogP contribution in [0.15, 0.2) is 67.1 Å². The second-order valence-corrected chi connectivity index (χ2v) is 10.0. The molecule has 2 aromatic carbocycles. The normalized spacial score (nSPS) is 22.9. The fourth-order valence-corrected chi connectivity index (χ4v) is 5.85. The van der Waals surface area contributed by atoms with Crippen LogP contribution in [0.2, 0.25) is 0 Å². The summed E-state index contributed by atoms with van der Waals surface area (Å²) < 4.78 is 0. The van der Waals surface area contributed by atoms with E-state index in [4.69, 9.17) is 0 Å². The molecular weight excluding hydrogens is 436 g/mol. The van der Waals surface area contributed by atoms with Crippen molar-refractivity contribution in [3.63, 3.8) is 0 Å². The number of amides is 1. The Bertz CT molecular complexity index is 1100. The standard InChI is InChI=1S/C29H34N4O2/c34-19-27(15-26-16-30-20-32-26)31-17-28-14-24-8-4-5-9-25(24)18-33(28)29(35)23-12-10-22(11-13-23)21-6-2-1-3-7-21/h1-3,6-7,10-13,16,19-20,24-25,27-28,31H,4-5,8-9,14-15,17-18H2,(H,30,32)/t24-,25-,27-,28+/m0/s1. The summed E-state index contributed by atoms with van der Waals surface area (Å²) in [5.41, 5.74) is 3.91. The van der Waals surface area contributed by atoms with Gasteiger partial charge in [-0.25, -0.2) is 4.98 Å². The number of nitrogens with one attached hydrogen (secondary N) is 2. The Morgan fingerprint density at radius 1 is 1.06 bits per heavy atom. The Labute approximate surface area is 207 Å². The van der Waals surface area contributed by atoms with Crippen LogP contribution in [0.1, 0.15) is 48.2 Å². The van der Waals surface area contributed by atoms with Crippen LogP contribution in [0.5, 0.6) is 0 Å². The first-order valence-electron chi connectivity index (χ1n) is 12.8. The van der Waals surface area contributed by atoms with Gasteiger partial charge in [0.2, 0.25) is 0 Å². The number of benzene rings is 2. The number of hydrogen-bond donors (Lipinski definition) is 2. The molecule has 1 saturated carbocycles. The number of piperidine rings is 1. The number of aromatic nitrogens is 2. The van der Waals surface area contributed by atoms with E-state index in [1.807, 2.05) is 42.5 Å². The maximum absolute atomic E-state index is 13.7. The Hall–Kier alpha value is -3.25. The highest BCUT2D eigenvalue weighted by Crippen LogP contribution is 2.39. The molecule has 0 spiro atoms. The van der Waals surface area contributed by atoms with Gasteiger partial charge in [-0.1, -0.05) is 61.7 Å². The molecule has 35 heavy (non-hydrogen) atoms. The molecule has 6 nitrogen and oxygen atoms in total. The van der Waals surface area contributed by atoms with Gasteiger partial charge in [0, 0.05) is 43.0 Å². The van der Waals surface area contributed by atoms with E-state index in [-0.39, 0.29) is 18.0 Å². The summed E-state index contributed by atoms with van der Waals surface area (Å²) in [5, 5.41) is 3.43. The van der Waals surface area contributed by atoms with Gasteiger partial charge in [-0.3, -0.25) is 4.79 Å². The van der Waals surface area contributed by atoms with Crippen LogP contribution in [0, 0.1) is 11.8 Å². The highest BCUT2D eigenvalue weighted by molar-refractivity contribution is 5.95. The minimum Gasteiger partial charge on any atom is -0.348 e. The van der Waals surface area contributed by atoms with Crippen LogP contribution in [0.3, 0.4) is 0 Å². The molecular formula is C29H34N4O2. The maximum Gasteiger partial charge on any atom is 0.254 e. The topological polar surface area (TPSA) is 78.1 Å². The Kier molecular flexibility index (Phi) is 7.38. The second-order valence-electron chi connectivity index (χ2n) is 10.0. The predicted molar refractivity (Wildman–Crippen MR) is 137 cm³/mol. The quantitative estimate of drug-likeness (QED) is 0.475. The van der Waals surface area contributed by atoms with Crippen molar-refractivity contribution in [3.8, 4) is 11.1 Å². The number of H-pyrrole nitrogens is 1. The molecule has 1 aliphatic heterocycles. The lowest BCUT2D eigenvalue weighted by Crippen LogP contribution is -2.55. The third kappa shape index (κ3) is 5.54. The highest BCUT2D eigenvalue weighted by atomic mass is 16.2. The van der Waals surface area contributed by atoms with Gasteiger partial charge in [0.25, 0.3) is 5.91 Å². The maximum atomic E-state index is 13.7. The van der Waals surface area contributed by atoms with E-state index in [1.54, 1.807) is 12.5 Å². The van der Waals surface area contributed by atoms with E-state index in [0.717, 1.165) is 41.6 Å². The highest BCUT2D eigenvalue weighted by Gasteiger charge is 2.39. The minimum atomic E-state index is -0.304. The molecule has 0 bridgehead atoms. The summed E-state index contributed by atoms with van der Waals surface area (Å²) in [6, 6.07) is 18.0. The number of likely N-dealkylation sites (tertiary alicyclic amines) is 1. The molecule has 4 atom stereocenters. The third-order valence-electron chi connectivity index (χ3n) is 7.79. The number of aromatic amines is 1. The number of aldehydes is 1. The van der Waals surface area contributed by atoms with E-state index in [1.165, 1.54) is 25.7 Å². The van der Waals surface area contributed by atoms with Crippen molar-refractivity contribution in [2.45, 2.75) is 50.6 Å². The number of carbonyl (C=O) groups excluding carboxylic acids is 2. The van der Waals surface area contributed by atoms with E-state index in [9.17, 15) is 9.59 Å². The summed E-state index contributed by atoms with van der Waals surface area (Å²) >= 11 is 0. The Morgan fingerprint density at radius 3 is 2.51 bits per heavy atom. The zero-order valence-electron chi connectivity index (χ0n) is 20.1. The minimum absolute atomic E-state index is 0.0832. The van der Waals surface area contributed by atoms with E-state index < -0.39 is 0 Å². The first-order valence-corrected chi connectivity index (χ1v) is 12.8. The SMILES string of the molecule is O=C[C@H](Cc1cnc[nH]1)NC[C@H]1C[C@@H]2CCCC[C@H]2CN1C(=O)c1ccc(-c2ccccc2)cc1. The molecule has 1 aromatic heterocycles. The summed E-state index contributed by atoms with van der Waals surface area (Å²) in [7, 11) is 0. The van der Waals surface area contributed by atoms with E-state index >= 15 is 0 Å². The summed E-state index contributed by atoms with van der Waals surface area (Å²) in [4.78, 5) is 34.7. The van der Waals surface area contributed by atoms with Crippen LogP contribution >= 0.6 is 0 Å². The number of rotatable bonds is 8. The van der Waals surface area contributed by atoms with Crippen LogP contribution in [0.25, 0.3) is 11.1 Å². The zero-order valence-corrected chi connectivity index (χ0v) is 20.1. The van der Waals surface area contributed by atoms with Crippen molar-refractivity contribution >= 4 is 12.2 Å². The average Bonchev–Trinajstić information content (AvgIpc) is 3.44. The molecule has 182 valence electrons. The number of carbonyl (C=O) groups is 2. The summed E-state index contributed by atoms with van der Waals surface area (Å²) in [6.45, 7) is 1.43. The third-order valence-corrected chi connectivity index (χ3v) is 7.79. The molecule has 1 saturated heterocycles. The lowest BCUT2D eigenvalue weighted by molar-refractivity contribution is -0.109. The monoisotopic (exact) mass is 470 g/mol. The molecule has 1 aliphatic carbocycles.